The molecule has 0 unspecified atom stereocenters. The number of hydrogen-bond acceptors (Lipinski definition) is 7. The van der Waals surface area contributed by atoms with Gasteiger partial charge in [0.1, 0.15) is 35.7 Å². The molecular formula is C48H61N9O6. The van der Waals surface area contributed by atoms with E-state index in [0.717, 1.165) is 58.6 Å². The lowest BCUT2D eigenvalue weighted by atomic mass is 9.79. The minimum Gasteiger partial charge on any atom is -0.361 e. The lowest BCUT2D eigenvalue weighted by Crippen LogP contribution is -2.65. The van der Waals surface area contributed by atoms with Crippen LogP contribution in [0.5, 0.6) is 0 Å². The van der Waals surface area contributed by atoms with Gasteiger partial charge >= 0.3 is 0 Å². The molecule has 5 fully saturated rings. The molecule has 6 atom stereocenters. The quantitative estimate of drug-likeness (QED) is 0.147. The summed E-state index contributed by atoms with van der Waals surface area (Å²) in [5.74, 6) is -2.25. The average molecular weight is 860 g/mol. The van der Waals surface area contributed by atoms with Crippen molar-refractivity contribution in [3.8, 4) is 0 Å². The summed E-state index contributed by atoms with van der Waals surface area (Å²) >= 11 is 0. The minimum atomic E-state index is -1.37. The van der Waals surface area contributed by atoms with Crippen LogP contribution in [0.2, 0.25) is 0 Å². The molecule has 4 aromatic rings. The van der Waals surface area contributed by atoms with Gasteiger partial charge in [-0.1, -0.05) is 81.3 Å². The first-order valence-corrected chi connectivity index (χ1v) is 23.3. The third-order valence-corrected chi connectivity index (χ3v) is 14.8. The first kappa shape index (κ1) is 42.6. The second-order valence-electron chi connectivity index (χ2n) is 18.7. The molecule has 334 valence electrons. The van der Waals surface area contributed by atoms with E-state index in [1.165, 1.54) is 6.42 Å². The van der Waals surface area contributed by atoms with Gasteiger partial charge in [-0.05, 0) is 80.2 Å². The Hall–Kier alpha value is -5.70. The highest BCUT2D eigenvalue weighted by molar-refractivity contribution is 6.00. The number of amides is 6. The smallest absolute Gasteiger partial charge is 0.246 e. The molecule has 15 heteroatoms. The van der Waals surface area contributed by atoms with Crippen LogP contribution in [0.15, 0.2) is 60.9 Å². The number of nitrogens with zero attached hydrogens (tertiary/aromatic N) is 2. The Morgan fingerprint density at radius 1 is 0.603 bits per heavy atom. The fourth-order valence-corrected chi connectivity index (χ4v) is 11.4. The second kappa shape index (κ2) is 18.2. The zero-order valence-corrected chi connectivity index (χ0v) is 36.0. The van der Waals surface area contributed by atoms with Crippen molar-refractivity contribution in [2.75, 3.05) is 19.6 Å². The maximum Gasteiger partial charge on any atom is 0.246 e. The molecule has 3 saturated heterocycles. The standard InChI is InChI=1S/C48H61N9O6/c49-21-18-37-45(61)56-22-10-17-40(56)46(62)57-28-32(29-11-2-1-3-12-29)25-41(57)44(60)53-39(24-31-27-51-36-16-7-5-14-34(31)36)43(59)55-48(19-8-9-20-48)47(63)54-38(42(58)52-37)23-30-26-50-35-15-6-4-13-33(30)35/h4-7,13-16,26-27,29,32,37-41,50-51H,1-3,8-12,17-25,28,49H2,(H,52,58)(H,53,60)(H,54,63)(H,55,59)/t32-,37+,38+,39+,40-,41-/m1/s1. The van der Waals surface area contributed by atoms with Crippen LogP contribution in [-0.2, 0) is 41.6 Å². The Kier molecular flexibility index (Phi) is 12.3. The van der Waals surface area contributed by atoms with Gasteiger partial charge in [0.2, 0.25) is 35.4 Å². The largest absolute Gasteiger partial charge is 0.361 e. The van der Waals surface area contributed by atoms with E-state index < -0.39 is 65.3 Å². The molecule has 3 aliphatic heterocycles. The molecule has 2 aromatic heterocycles. The molecule has 8 N–H and O–H groups in total. The lowest BCUT2D eigenvalue weighted by Gasteiger charge is -2.35. The number of nitrogens with one attached hydrogen (secondary N) is 6. The lowest BCUT2D eigenvalue weighted by molar-refractivity contribution is -0.148. The SMILES string of the molecule is NCC[C@@H]1NC(=O)[C@H](Cc2c[nH]c3ccccc23)NC(=O)C2(CCCC2)NC(=O)[C@H](Cc2c[nH]c3ccccc23)NC(=O)[C@H]2C[C@@H](C3CCCCC3)CN2C(=O)[C@H]2CCCN2C1=O. The first-order chi connectivity index (χ1) is 30.6. The summed E-state index contributed by atoms with van der Waals surface area (Å²) in [5, 5.41) is 14.0. The van der Waals surface area contributed by atoms with Gasteiger partial charge in [0.15, 0.2) is 0 Å². The van der Waals surface area contributed by atoms with Gasteiger partial charge in [0, 0.05) is 60.1 Å². The third-order valence-electron chi connectivity index (χ3n) is 14.8. The van der Waals surface area contributed by atoms with E-state index in [1.54, 1.807) is 9.80 Å². The Morgan fingerprint density at radius 2 is 1.22 bits per heavy atom. The van der Waals surface area contributed by atoms with Crippen molar-refractivity contribution in [1.29, 1.82) is 0 Å². The third kappa shape index (κ3) is 8.55. The van der Waals surface area contributed by atoms with E-state index in [9.17, 15) is 28.8 Å². The van der Waals surface area contributed by atoms with Gasteiger partial charge in [0.25, 0.3) is 0 Å². The fourth-order valence-electron chi connectivity index (χ4n) is 11.4. The van der Waals surface area contributed by atoms with Crippen LogP contribution in [0.3, 0.4) is 0 Å². The van der Waals surface area contributed by atoms with E-state index in [4.69, 9.17) is 5.73 Å². The highest BCUT2D eigenvalue weighted by Gasteiger charge is 2.49. The second-order valence-corrected chi connectivity index (χ2v) is 18.7. The van der Waals surface area contributed by atoms with Crippen molar-refractivity contribution in [1.82, 2.24) is 41.0 Å². The summed E-state index contributed by atoms with van der Waals surface area (Å²) in [4.78, 5) is 98.6. The van der Waals surface area contributed by atoms with Crippen molar-refractivity contribution in [3.05, 3.63) is 72.1 Å². The Labute approximate surface area is 367 Å². The van der Waals surface area contributed by atoms with Crippen molar-refractivity contribution in [2.24, 2.45) is 17.6 Å². The molecule has 15 nitrogen and oxygen atoms in total. The number of carbonyl (C=O) groups excluding carboxylic acids is 6. The number of H-pyrrole nitrogens is 2. The van der Waals surface area contributed by atoms with E-state index in [-0.39, 0.29) is 37.6 Å². The van der Waals surface area contributed by atoms with Gasteiger partial charge in [-0.2, -0.15) is 0 Å². The van der Waals surface area contributed by atoms with E-state index in [2.05, 4.69) is 31.2 Å². The van der Waals surface area contributed by atoms with Crippen LogP contribution in [0.1, 0.15) is 94.6 Å². The van der Waals surface area contributed by atoms with E-state index >= 15 is 0 Å². The molecule has 2 aromatic carbocycles. The molecule has 9 rings (SSSR count). The normalized spacial score (nSPS) is 27.8. The zero-order valence-electron chi connectivity index (χ0n) is 36.0. The molecule has 2 aliphatic carbocycles. The predicted octanol–water partition coefficient (Wildman–Crippen LogP) is 3.47. The maximum atomic E-state index is 14.9. The predicted molar refractivity (Wildman–Crippen MR) is 238 cm³/mol. The number of para-hydroxylation sites is 2. The number of hydrogen-bond donors (Lipinski definition) is 7. The van der Waals surface area contributed by atoms with Crippen LogP contribution in [0.4, 0.5) is 0 Å². The summed E-state index contributed by atoms with van der Waals surface area (Å²) in [6.45, 7) is 0.796. The van der Waals surface area contributed by atoms with Gasteiger partial charge in [0.05, 0.1) is 0 Å². The summed E-state index contributed by atoms with van der Waals surface area (Å²) in [6, 6.07) is 10.5. The van der Waals surface area contributed by atoms with Crippen molar-refractivity contribution in [3.63, 3.8) is 0 Å². The van der Waals surface area contributed by atoms with Gasteiger partial charge in [-0.3, -0.25) is 28.8 Å². The highest BCUT2D eigenvalue weighted by Crippen LogP contribution is 2.39. The molecule has 1 spiro atoms. The van der Waals surface area contributed by atoms with Crippen molar-refractivity contribution >= 4 is 57.2 Å². The Morgan fingerprint density at radius 3 is 1.87 bits per heavy atom. The van der Waals surface area contributed by atoms with E-state index in [0.29, 0.717) is 64.0 Å². The molecule has 5 aliphatic rings. The Balaban J connectivity index is 1.10. The first-order valence-electron chi connectivity index (χ1n) is 23.3. The summed E-state index contributed by atoms with van der Waals surface area (Å²) in [7, 11) is 0. The summed E-state index contributed by atoms with van der Waals surface area (Å²) < 4.78 is 0. The molecule has 0 radical (unpaired) electrons. The number of rotatable bonds is 7. The summed E-state index contributed by atoms with van der Waals surface area (Å²) in [5.41, 5.74) is 8.07. The molecule has 63 heavy (non-hydrogen) atoms. The molecular weight excluding hydrogens is 799 g/mol. The molecule has 2 saturated carbocycles. The molecule has 6 amide bonds. The minimum absolute atomic E-state index is 0.0920. The number of fused-ring (bicyclic) bond motifs is 4. The number of aromatic amines is 2. The number of nitrogens with two attached hydrogens (primary N) is 1. The van der Waals surface area contributed by atoms with Crippen molar-refractivity contribution < 1.29 is 28.8 Å². The highest BCUT2D eigenvalue weighted by atomic mass is 16.2. The zero-order chi connectivity index (χ0) is 43.7. The monoisotopic (exact) mass is 859 g/mol. The van der Waals surface area contributed by atoms with Crippen LogP contribution in [0, 0.1) is 11.8 Å². The summed E-state index contributed by atoms with van der Waals surface area (Å²) in [6.07, 6.45) is 12.9. The maximum absolute atomic E-state index is 14.9. The molecule has 5 heterocycles. The fraction of sp³-hybridized carbons (Fsp3) is 0.542. The Bertz CT molecular complexity index is 2360. The van der Waals surface area contributed by atoms with E-state index in [1.807, 2.05) is 60.9 Å². The van der Waals surface area contributed by atoms with Crippen LogP contribution >= 0.6 is 0 Å². The molecule has 0 bridgehead atoms. The van der Waals surface area contributed by atoms with Gasteiger partial charge < -0.3 is 46.8 Å². The number of carbonyl (C=O) groups is 6. The number of aromatic nitrogens is 2. The average Bonchev–Trinajstić information content (AvgIpc) is 4.16. The van der Waals surface area contributed by atoms with Crippen LogP contribution in [-0.4, -0.2) is 111 Å². The van der Waals surface area contributed by atoms with Crippen LogP contribution < -0.4 is 27.0 Å². The van der Waals surface area contributed by atoms with Crippen molar-refractivity contribution in [2.45, 2.75) is 132 Å². The van der Waals surface area contributed by atoms with Gasteiger partial charge in [-0.15, -0.1) is 0 Å². The number of benzene rings is 2. The van der Waals surface area contributed by atoms with Crippen LogP contribution in [0.25, 0.3) is 21.8 Å². The van der Waals surface area contributed by atoms with Gasteiger partial charge in [-0.25, -0.2) is 0 Å². The topological polar surface area (TPSA) is 215 Å².